The van der Waals surface area contributed by atoms with Crippen LogP contribution in [-0.2, 0) is 4.79 Å². The number of anilines is 1. The second-order valence-corrected chi connectivity index (χ2v) is 6.08. The van der Waals surface area contributed by atoms with Crippen molar-refractivity contribution in [1.82, 2.24) is 10.1 Å². The van der Waals surface area contributed by atoms with Crippen LogP contribution < -0.4 is 14.8 Å². The quantitative estimate of drug-likeness (QED) is 0.636. The number of thioether (sulfide) groups is 1. The summed E-state index contributed by atoms with van der Waals surface area (Å²) in [5.41, 5.74) is 1.39. The monoisotopic (exact) mass is 371 g/mol. The number of aromatic nitrogens is 2. The first kappa shape index (κ1) is 17.8. The van der Waals surface area contributed by atoms with Gasteiger partial charge in [-0.3, -0.25) is 4.79 Å². The number of ether oxygens (including phenoxy) is 2. The predicted octanol–water partition coefficient (Wildman–Crippen LogP) is 3.48. The van der Waals surface area contributed by atoms with Gasteiger partial charge in [-0.05, 0) is 12.1 Å². The number of hydrogen-bond acceptors (Lipinski definition) is 7. The highest BCUT2D eigenvalue weighted by molar-refractivity contribution is 7.99. The van der Waals surface area contributed by atoms with Crippen LogP contribution in [0.3, 0.4) is 0 Å². The topological polar surface area (TPSA) is 86.5 Å². The van der Waals surface area contributed by atoms with Gasteiger partial charge in [-0.15, -0.1) is 0 Å². The van der Waals surface area contributed by atoms with Crippen LogP contribution in [0.2, 0.25) is 0 Å². The molecule has 1 heterocycles. The SMILES string of the molecule is COc1ccc(OC)c(NC(=O)CSc2nc(-c3ccccc3)no2)c1. The standard InChI is InChI=1S/C18H17N3O4S/c1-23-13-8-9-15(24-2)14(10-13)19-16(22)11-26-18-20-17(21-25-18)12-6-4-3-5-7-12/h3-10H,11H2,1-2H3,(H,19,22). The van der Waals surface area contributed by atoms with Crippen LogP contribution in [0.25, 0.3) is 11.4 Å². The van der Waals surface area contributed by atoms with E-state index in [4.69, 9.17) is 14.0 Å². The Morgan fingerprint density at radius 1 is 1.15 bits per heavy atom. The highest BCUT2D eigenvalue weighted by atomic mass is 32.2. The maximum absolute atomic E-state index is 12.2. The Morgan fingerprint density at radius 2 is 1.96 bits per heavy atom. The van der Waals surface area contributed by atoms with Gasteiger partial charge in [0.25, 0.3) is 5.22 Å². The smallest absolute Gasteiger partial charge is 0.286 e. The third-order valence-corrected chi connectivity index (χ3v) is 4.27. The van der Waals surface area contributed by atoms with Crippen molar-refractivity contribution in [3.8, 4) is 22.9 Å². The Hall–Kier alpha value is -3.00. The maximum Gasteiger partial charge on any atom is 0.286 e. The first-order valence-corrected chi connectivity index (χ1v) is 8.72. The fourth-order valence-electron chi connectivity index (χ4n) is 2.20. The fraction of sp³-hybridized carbons (Fsp3) is 0.167. The molecule has 1 N–H and O–H groups in total. The van der Waals surface area contributed by atoms with Crippen LogP contribution in [-0.4, -0.2) is 36.0 Å². The van der Waals surface area contributed by atoms with E-state index in [1.165, 1.54) is 7.11 Å². The predicted molar refractivity (Wildman–Crippen MR) is 98.6 cm³/mol. The van der Waals surface area contributed by atoms with Gasteiger partial charge in [0.05, 0.1) is 25.7 Å². The van der Waals surface area contributed by atoms with Gasteiger partial charge in [0, 0.05) is 11.6 Å². The van der Waals surface area contributed by atoms with Crippen molar-refractivity contribution < 1.29 is 18.8 Å². The zero-order valence-corrected chi connectivity index (χ0v) is 15.1. The first-order valence-electron chi connectivity index (χ1n) is 7.73. The molecule has 2 aromatic carbocycles. The third kappa shape index (κ3) is 4.34. The van der Waals surface area contributed by atoms with Gasteiger partial charge in [0.15, 0.2) is 0 Å². The minimum atomic E-state index is -0.221. The fourth-order valence-corrected chi connectivity index (χ4v) is 2.77. The lowest BCUT2D eigenvalue weighted by Gasteiger charge is -2.11. The lowest BCUT2D eigenvalue weighted by Crippen LogP contribution is -2.14. The molecule has 0 fully saturated rings. The molecule has 0 spiro atoms. The van der Waals surface area contributed by atoms with Crippen molar-refractivity contribution in [2.75, 3.05) is 25.3 Å². The molecule has 0 aliphatic carbocycles. The van der Waals surface area contributed by atoms with E-state index in [0.29, 0.717) is 28.2 Å². The van der Waals surface area contributed by atoms with Crippen molar-refractivity contribution in [3.63, 3.8) is 0 Å². The van der Waals surface area contributed by atoms with Gasteiger partial charge in [-0.2, -0.15) is 4.98 Å². The maximum atomic E-state index is 12.2. The van der Waals surface area contributed by atoms with Crippen LogP contribution >= 0.6 is 11.8 Å². The summed E-state index contributed by atoms with van der Waals surface area (Å²) >= 11 is 1.16. The molecule has 134 valence electrons. The van der Waals surface area contributed by atoms with E-state index in [0.717, 1.165) is 17.3 Å². The molecule has 0 atom stereocenters. The molecule has 0 radical (unpaired) electrons. The largest absolute Gasteiger partial charge is 0.497 e. The Morgan fingerprint density at radius 3 is 2.69 bits per heavy atom. The molecule has 8 heteroatoms. The van der Waals surface area contributed by atoms with Crippen molar-refractivity contribution in [3.05, 3.63) is 48.5 Å². The third-order valence-electron chi connectivity index (χ3n) is 3.45. The molecule has 3 rings (SSSR count). The van der Waals surface area contributed by atoms with Gasteiger partial charge in [0.1, 0.15) is 11.5 Å². The van der Waals surface area contributed by atoms with Gasteiger partial charge >= 0.3 is 0 Å². The molecular formula is C18H17N3O4S. The molecule has 0 aliphatic heterocycles. The van der Waals surface area contributed by atoms with E-state index >= 15 is 0 Å². The number of hydrogen-bond donors (Lipinski definition) is 1. The van der Waals surface area contributed by atoms with Gasteiger partial charge in [-0.1, -0.05) is 47.3 Å². The second kappa shape index (κ2) is 8.39. The van der Waals surface area contributed by atoms with E-state index in [9.17, 15) is 4.79 Å². The molecule has 0 aliphatic rings. The van der Waals surface area contributed by atoms with E-state index < -0.39 is 0 Å². The molecule has 0 bridgehead atoms. The van der Waals surface area contributed by atoms with Crippen LogP contribution in [0.5, 0.6) is 11.5 Å². The van der Waals surface area contributed by atoms with E-state index in [1.54, 1.807) is 25.3 Å². The lowest BCUT2D eigenvalue weighted by atomic mass is 10.2. The highest BCUT2D eigenvalue weighted by Crippen LogP contribution is 2.29. The zero-order chi connectivity index (χ0) is 18.4. The number of rotatable bonds is 7. The van der Waals surface area contributed by atoms with Gasteiger partial charge < -0.3 is 19.3 Å². The van der Waals surface area contributed by atoms with Crippen LogP contribution in [0.4, 0.5) is 5.69 Å². The average Bonchev–Trinajstić information content (AvgIpc) is 3.16. The number of carbonyl (C=O) groups is 1. The molecule has 26 heavy (non-hydrogen) atoms. The number of benzene rings is 2. The number of methoxy groups -OCH3 is 2. The van der Waals surface area contributed by atoms with Crippen LogP contribution in [0.1, 0.15) is 0 Å². The van der Waals surface area contributed by atoms with E-state index in [2.05, 4.69) is 15.5 Å². The minimum Gasteiger partial charge on any atom is -0.497 e. The summed E-state index contributed by atoms with van der Waals surface area (Å²) < 4.78 is 15.6. The normalized spacial score (nSPS) is 10.4. The van der Waals surface area contributed by atoms with Gasteiger partial charge in [0.2, 0.25) is 11.7 Å². The van der Waals surface area contributed by atoms with E-state index in [-0.39, 0.29) is 11.7 Å². The first-order chi connectivity index (χ1) is 12.7. The van der Waals surface area contributed by atoms with Gasteiger partial charge in [-0.25, -0.2) is 0 Å². The summed E-state index contributed by atoms with van der Waals surface area (Å²) in [6.45, 7) is 0. The summed E-state index contributed by atoms with van der Waals surface area (Å²) in [4.78, 5) is 16.5. The van der Waals surface area contributed by atoms with Crippen LogP contribution in [0, 0.1) is 0 Å². The van der Waals surface area contributed by atoms with Crippen molar-refractivity contribution in [2.45, 2.75) is 5.22 Å². The molecule has 1 amide bonds. The van der Waals surface area contributed by atoms with Crippen molar-refractivity contribution in [1.29, 1.82) is 0 Å². The summed E-state index contributed by atoms with van der Waals surface area (Å²) in [6.07, 6.45) is 0. The van der Waals surface area contributed by atoms with E-state index in [1.807, 2.05) is 30.3 Å². The summed E-state index contributed by atoms with van der Waals surface area (Å²) in [6, 6.07) is 14.7. The van der Waals surface area contributed by atoms with Crippen molar-refractivity contribution >= 4 is 23.4 Å². The number of nitrogens with one attached hydrogen (secondary N) is 1. The zero-order valence-electron chi connectivity index (χ0n) is 14.3. The van der Waals surface area contributed by atoms with Crippen molar-refractivity contribution in [2.24, 2.45) is 0 Å². The molecular weight excluding hydrogens is 354 g/mol. The van der Waals surface area contributed by atoms with Crippen LogP contribution in [0.15, 0.2) is 58.3 Å². The summed E-state index contributed by atoms with van der Waals surface area (Å²) in [5, 5.41) is 7.04. The second-order valence-electron chi connectivity index (χ2n) is 5.15. The number of amides is 1. The molecule has 0 saturated carbocycles. The summed E-state index contributed by atoms with van der Waals surface area (Å²) in [7, 11) is 3.10. The molecule has 1 aromatic heterocycles. The Bertz CT molecular complexity index is 883. The minimum absolute atomic E-state index is 0.122. The number of nitrogens with zero attached hydrogens (tertiary/aromatic N) is 2. The summed E-state index contributed by atoms with van der Waals surface area (Å²) in [5.74, 6) is 1.56. The Labute approximate surface area is 154 Å². The lowest BCUT2D eigenvalue weighted by molar-refractivity contribution is -0.113. The molecule has 7 nitrogen and oxygen atoms in total. The number of carbonyl (C=O) groups excluding carboxylic acids is 1. The molecule has 3 aromatic rings. The molecule has 0 saturated heterocycles. The Balaban J connectivity index is 1.61. The highest BCUT2D eigenvalue weighted by Gasteiger charge is 2.13. The molecule has 0 unspecified atom stereocenters. The average molecular weight is 371 g/mol. The Kier molecular flexibility index (Phi) is 5.75.